The number of aryl methyl sites for hydroxylation is 1. The molecule has 1 fully saturated rings. The van der Waals surface area contributed by atoms with Crippen molar-refractivity contribution in [1.29, 1.82) is 0 Å². The normalized spacial score (nSPS) is 14.9. The van der Waals surface area contributed by atoms with Crippen molar-refractivity contribution in [3.8, 4) is 5.75 Å². The lowest BCUT2D eigenvalue weighted by Gasteiger charge is -2.34. The van der Waals surface area contributed by atoms with Crippen LogP contribution in [0.3, 0.4) is 0 Å². The van der Waals surface area contributed by atoms with E-state index in [4.69, 9.17) is 4.74 Å². The smallest absolute Gasteiger partial charge is 0.260 e. The van der Waals surface area contributed by atoms with E-state index in [2.05, 4.69) is 4.90 Å². The Bertz CT molecular complexity index is 736. The lowest BCUT2D eigenvalue weighted by Crippen LogP contribution is -2.51. The number of rotatable bonds is 6. The van der Waals surface area contributed by atoms with E-state index in [0.717, 1.165) is 11.1 Å². The van der Waals surface area contributed by atoms with Crippen LogP contribution in [0.5, 0.6) is 5.75 Å². The number of amides is 1. The van der Waals surface area contributed by atoms with Crippen LogP contribution in [0.4, 0.5) is 0 Å². The molecule has 5 nitrogen and oxygen atoms in total. The molecule has 3 rings (SSSR count). The van der Waals surface area contributed by atoms with Crippen LogP contribution in [0, 0.1) is 6.92 Å². The summed E-state index contributed by atoms with van der Waals surface area (Å²) in [5.74, 6) is 0.809. The maximum Gasteiger partial charge on any atom is 0.260 e. The Kier molecular flexibility index (Phi) is 6.02. The molecule has 0 saturated carbocycles. The van der Waals surface area contributed by atoms with Gasteiger partial charge in [-0.2, -0.15) is 0 Å². The second kappa shape index (κ2) is 8.63. The number of hydrogen-bond donors (Lipinski definition) is 0. The predicted octanol–water partition coefficient (Wildman–Crippen LogP) is 2.40. The van der Waals surface area contributed by atoms with E-state index in [1.807, 2.05) is 61.5 Å². The molecule has 0 unspecified atom stereocenters. The van der Waals surface area contributed by atoms with Crippen molar-refractivity contribution in [2.24, 2.45) is 0 Å². The number of carbonyl (C=O) groups excluding carboxylic acids is 2. The highest BCUT2D eigenvalue weighted by Gasteiger charge is 2.23. The zero-order valence-corrected chi connectivity index (χ0v) is 15.1. The van der Waals surface area contributed by atoms with Crippen molar-refractivity contribution in [2.45, 2.75) is 6.92 Å². The molecule has 0 aromatic heterocycles. The Balaban J connectivity index is 1.42. The van der Waals surface area contributed by atoms with E-state index in [0.29, 0.717) is 38.5 Å². The van der Waals surface area contributed by atoms with Crippen molar-refractivity contribution >= 4 is 11.7 Å². The Labute approximate surface area is 154 Å². The molecule has 0 aliphatic carbocycles. The van der Waals surface area contributed by atoms with Crippen LogP contribution < -0.4 is 4.74 Å². The number of ketones is 1. The Morgan fingerprint density at radius 3 is 2.23 bits per heavy atom. The average molecular weight is 352 g/mol. The molecular weight excluding hydrogens is 328 g/mol. The van der Waals surface area contributed by atoms with Crippen LogP contribution >= 0.6 is 0 Å². The number of Topliss-reactive ketones (excluding diaryl/α,β-unsaturated/α-hetero) is 1. The largest absolute Gasteiger partial charge is 0.484 e. The number of ether oxygens (including phenoxy) is 1. The van der Waals surface area contributed by atoms with Gasteiger partial charge in [-0.25, -0.2) is 0 Å². The maximum atomic E-state index is 12.3. The van der Waals surface area contributed by atoms with Crippen molar-refractivity contribution in [1.82, 2.24) is 9.80 Å². The molecule has 0 atom stereocenters. The van der Waals surface area contributed by atoms with Gasteiger partial charge in [-0.15, -0.1) is 0 Å². The van der Waals surface area contributed by atoms with Crippen molar-refractivity contribution < 1.29 is 14.3 Å². The van der Waals surface area contributed by atoms with Crippen LogP contribution in [-0.2, 0) is 4.79 Å². The quantitative estimate of drug-likeness (QED) is 0.749. The highest BCUT2D eigenvalue weighted by molar-refractivity contribution is 5.97. The SMILES string of the molecule is Cc1ccc(OCC(=O)N2CCN(CC(=O)c3ccccc3)CC2)cc1. The van der Waals surface area contributed by atoms with Gasteiger partial charge in [-0.05, 0) is 19.1 Å². The first-order valence-corrected chi connectivity index (χ1v) is 8.89. The van der Waals surface area contributed by atoms with Gasteiger partial charge in [0, 0.05) is 31.7 Å². The molecule has 0 radical (unpaired) electrons. The average Bonchev–Trinajstić information content (AvgIpc) is 2.68. The van der Waals surface area contributed by atoms with Gasteiger partial charge >= 0.3 is 0 Å². The highest BCUT2D eigenvalue weighted by atomic mass is 16.5. The van der Waals surface area contributed by atoms with E-state index in [1.165, 1.54) is 0 Å². The molecule has 2 aromatic rings. The summed E-state index contributed by atoms with van der Waals surface area (Å²) < 4.78 is 5.57. The topological polar surface area (TPSA) is 49.9 Å². The van der Waals surface area contributed by atoms with E-state index in [9.17, 15) is 9.59 Å². The summed E-state index contributed by atoms with van der Waals surface area (Å²) in [6.45, 7) is 5.11. The van der Waals surface area contributed by atoms with Gasteiger partial charge < -0.3 is 9.64 Å². The van der Waals surface area contributed by atoms with Gasteiger partial charge in [0.2, 0.25) is 0 Å². The second-order valence-corrected chi connectivity index (χ2v) is 6.55. The van der Waals surface area contributed by atoms with Crippen LogP contribution in [0.1, 0.15) is 15.9 Å². The number of hydrogen-bond acceptors (Lipinski definition) is 4. The number of benzene rings is 2. The Morgan fingerprint density at radius 1 is 0.923 bits per heavy atom. The van der Waals surface area contributed by atoms with E-state index in [1.54, 1.807) is 4.90 Å². The number of carbonyl (C=O) groups is 2. The second-order valence-electron chi connectivity index (χ2n) is 6.55. The molecule has 136 valence electrons. The molecule has 26 heavy (non-hydrogen) atoms. The molecule has 1 aliphatic rings. The minimum Gasteiger partial charge on any atom is -0.484 e. The molecule has 1 amide bonds. The summed E-state index contributed by atoms with van der Waals surface area (Å²) in [5.41, 5.74) is 1.89. The van der Waals surface area contributed by atoms with Crippen LogP contribution in [0.15, 0.2) is 54.6 Å². The lowest BCUT2D eigenvalue weighted by molar-refractivity contribution is -0.135. The third-order valence-corrected chi connectivity index (χ3v) is 4.57. The van der Waals surface area contributed by atoms with Crippen LogP contribution in [0.2, 0.25) is 0 Å². The summed E-state index contributed by atoms with van der Waals surface area (Å²) in [4.78, 5) is 28.5. The van der Waals surface area contributed by atoms with Crippen molar-refractivity contribution in [2.75, 3.05) is 39.3 Å². The first-order chi connectivity index (χ1) is 12.6. The van der Waals surface area contributed by atoms with Gasteiger partial charge in [0.1, 0.15) is 5.75 Å². The van der Waals surface area contributed by atoms with Gasteiger partial charge in [0.05, 0.1) is 6.54 Å². The summed E-state index contributed by atoms with van der Waals surface area (Å²) in [5, 5.41) is 0. The Morgan fingerprint density at radius 2 is 1.58 bits per heavy atom. The van der Waals surface area contributed by atoms with Crippen molar-refractivity contribution in [3.05, 3.63) is 65.7 Å². The minimum atomic E-state index is -0.0142. The molecule has 1 heterocycles. The molecular formula is C21H24N2O3. The predicted molar refractivity (Wildman–Crippen MR) is 100 cm³/mol. The zero-order chi connectivity index (χ0) is 18.4. The molecule has 1 aliphatic heterocycles. The van der Waals surface area contributed by atoms with E-state index in [-0.39, 0.29) is 18.3 Å². The van der Waals surface area contributed by atoms with Crippen LogP contribution in [-0.4, -0.2) is 60.8 Å². The third-order valence-electron chi connectivity index (χ3n) is 4.57. The zero-order valence-electron chi connectivity index (χ0n) is 15.1. The highest BCUT2D eigenvalue weighted by Crippen LogP contribution is 2.12. The van der Waals surface area contributed by atoms with E-state index < -0.39 is 0 Å². The number of piperazine rings is 1. The van der Waals surface area contributed by atoms with Crippen LogP contribution in [0.25, 0.3) is 0 Å². The summed E-state index contributed by atoms with van der Waals surface area (Å²) in [6, 6.07) is 17.0. The fourth-order valence-electron chi connectivity index (χ4n) is 2.94. The molecule has 1 saturated heterocycles. The molecule has 2 aromatic carbocycles. The standard InChI is InChI=1S/C21H24N2O3/c1-17-7-9-19(10-8-17)26-16-21(25)23-13-11-22(12-14-23)15-20(24)18-5-3-2-4-6-18/h2-10H,11-16H2,1H3. The Hall–Kier alpha value is -2.66. The van der Waals surface area contributed by atoms with Gasteiger partial charge in [-0.3, -0.25) is 14.5 Å². The summed E-state index contributed by atoms with van der Waals surface area (Å²) in [6.07, 6.45) is 0. The summed E-state index contributed by atoms with van der Waals surface area (Å²) >= 11 is 0. The maximum absolute atomic E-state index is 12.3. The van der Waals surface area contributed by atoms with Gasteiger partial charge in [-0.1, -0.05) is 48.0 Å². The van der Waals surface area contributed by atoms with Crippen molar-refractivity contribution in [3.63, 3.8) is 0 Å². The van der Waals surface area contributed by atoms with Gasteiger partial charge in [0.15, 0.2) is 12.4 Å². The molecule has 5 heteroatoms. The minimum absolute atomic E-state index is 0.0142. The number of nitrogens with zero attached hydrogens (tertiary/aromatic N) is 2. The third kappa shape index (κ3) is 4.92. The fraction of sp³-hybridized carbons (Fsp3) is 0.333. The molecule has 0 spiro atoms. The first kappa shape index (κ1) is 18.1. The fourth-order valence-corrected chi connectivity index (χ4v) is 2.94. The summed E-state index contributed by atoms with van der Waals surface area (Å²) in [7, 11) is 0. The lowest BCUT2D eigenvalue weighted by atomic mass is 10.1. The molecule has 0 N–H and O–H groups in total. The van der Waals surface area contributed by atoms with E-state index >= 15 is 0 Å². The van der Waals surface area contributed by atoms with Gasteiger partial charge in [0.25, 0.3) is 5.91 Å². The monoisotopic (exact) mass is 352 g/mol. The molecule has 0 bridgehead atoms. The first-order valence-electron chi connectivity index (χ1n) is 8.89.